The van der Waals surface area contributed by atoms with Gasteiger partial charge in [-0.15, -0.1) is 6.58 Å². The molecule has 2 rings (SSSR count). The van der Waals surface area contributed by atoms with Crippen molar-refractivity contribution in [1.82, 2.24) is 4.90 Å². The van der Waals surface area contributed by atoms with E-state index in [2.05, 4.69) is 6.58 Å². The summed E-state index contributed by atoms with van der Waals surface area (Å²) in [7, 11) is 0. The van der Waals surface area contributed by atoms with Crippen LogP contribution in [0.2, 0.25) is 0 Å². The Labute approximate surface area is 106 Å². The van der Waals surface area contributed by atoms with Crippen LogP contribution >= 0.6 is 0 Å². The number of carbonyl (C=O) groups excluding carboxylic acids is 1. The lowest BCUT2D eigenvalue weighted by Crippen LogP contribution is -2.24. The molecule has 4 heteroatoms. The van der Waals surface area contributed by atoms with E-state index in [1.807, 2.05) is 0 Å². The van der Waals surface area contributed by atoms with Gasteiger partial charge in [0.25, 0.3) is 0 Å². The van der Waals surface area contributed by atoms with Crippen molar-refractivity contribution in [2.24, 2.45) is 0 Å². The average molecular weight is 245 g/mol. The number of allylic oxidation sites excluding steroid dienone is 1. The summed E-state index contributed by atoms with van der Waals surface area (Å²) in [4.78, 5) is 24.5. The Hall–Kier alpha value is -2.10. The van der Waals surface area contributed by atoms with E-state index < -0.39 is 5.97 Å². The van der Waals surface area contributed by atoms with Crippen LogP contribution in [-0.2, 0) is 17.9 Å². The molecule has 4 nitrogen and oxygen atoms in total. The fraction of sp³-hybridized carbons (Fsp3) is 0.286. The Morgan fingerprint density at radius 1 is 1.33 bits per heavy atom. The summed E-state index contributed by atoms with van der Waals surface area (Å²) in [6.45, 7) is 4.67. The van der Waals surface area contributed by atoms with Crippen molar-refractivity contribution in [3.05, 3.63) is 47.5 Å². The summed E-state index contributed by atoms with van der Waals surface area (Å²) < 4.78 is 0. The normalized spacial score (nSPS) is 13.2. The lowest BCUT2D eigenvalue weighted by atomic mass is 10.1. The van der Waals surface area contributed by atoms with Gasteiger partial charge in [0.15, 0.2) is 0 Å². The maximum Gasteiger partial charge on any atom is 0.335 e. The Morgan fingerprint density at radius 2 is 2.06 bits per heavy atom. The van der Waals surface area contributed by atoms with Gasteiger partial charge in [-0.1, -0.05) is 12.1 Å². The molecule has 0 aromatic heterocycles. The Balaban J connectivity index is 2.10. The van der Waals surface area contributed by atoms with Crippen LogP contribution in [0.25, 0.3) is 0 Å². The molecule has 0 saturated carbocycles. The van der Waals surface area contributed by atoms with Gasteiger partial charge in [0.2, 0.25) is 5.91 Å². The molecule has 0 spiro atoms. The molecule has 1 aromatic carbocycles. The maximum atomic E-state index is 11.9. The number of amides is 1. The smallest absolute Gasteiger partial charge is 0.335 e. The topological polar surface area (TPSA) is 57.6 Å². The van der Waals surface area contributed by atoms with Crippen molar-refractivity contribution in [3.63, 3.8) is 0 Å². The van der Waals surface area contributed by atoms with Crippen molar-refractivity contribution < 1.29 is 14.7 Å². The number of aromatic carboxylic acids is 1. The molecule has 0 fully saturated rings. The molecular formula is C14H15NO3. The quantitative estimate of drug-likeness (QED) is 0.827. The van der Waals surface area contributed by atoms with E-state index >= 15 is 0 Å². The number of hydrogen-bond acceptors (Lipinski definition) is 2. The Kier molecular flexibility index (Phi) is 3.46. The number of fused-ring (bicyclic) bond motifs is 1. The van der Waals surface area contributed by atoms with Gasteiger partial charge in [0.05, 0.1) is 5.56 Å². The first-order chi connectivity index (χ1) is 8.61. The molecule has 94 valence electrons. The van der Waals surface area contributed by atoms with Crippen molar-refractivity contribution >= 4 is 11.9 Å². The van der Waals surface area contributed by atoms with Gasteiger partial charge in [-0.05, 0) is 29.7 Å². The van der Waals surface area contributed by atoms with E-state index in [1.165, 1.54) is 0 Å². The van der Waals surface area contributed by atoms with Crippen LogP contribution in [0.4, 0.5) is 0 Å². The standard InChI is InChI=1S/C14H15NO3/c1-2-3-4-13(16)15-8-11-6-5-10(14(17)18)7-12(11)9-15/h2,5-7H,1,3-4,8-9H2,(H,17,18). The van der Waals surface area contributed by atoms with Crippen LogP contribution in [0.5, 0.6) is 0 Å². The lowest BCUT2D eigenvalue weighted by Gasteiger charge is -2.14. The number of carbonyl (C=O) groups is 2. The highest BCUT2D eigenvalue weighted by molar-refractivity contribution is 5.88. The van der Waals surface area contributed by atoms with E-state index in [4.69, 9.17) is 5.11 Å². The molecule has 1 heterocycles. The first kappa shape index (κ1) is 12.4. The summed E-state index contributed by atoms with van der Waals surface area (Å²) in [6.07, 6.45) is 2.86. The molecule has 0 saturated heterocycles. The average Bonchev–Trinajstić information content (AvgIpc) is 2.78. The van der Waals surface area contributed by atoms with Crippen LogP contribution < -0.4 is 0 Å². The molecule has 1 amide bonds. The number of carboxylic acid groups (broad SMARTS) is 1. The third-order valence-electron chi connectivity index (χ3n) is 3.09. The van der Waals surface area contributed by atoms with E-state index in [0.29, 0.717) is 25.9 Å². The molecule has 0 unspecified atom stereocenters. The minimum Gasteiger partial charge on any atom is -0.478 e. The molecule has 18 heavy (non-hydrogen) atoms. The first-order valence-electron chi connectivity index (χ1n) is 5.85. The fourth-order valence-corrected chi connectivity index (χ4v) is 2.09. The Morgan fingerprint density at radius 3 is 2.72 bits per heavy atom. The zero-order valence-electron chi connectivity index (χ0n) is 10.1. The van der Waals surface area contributed by atoms with Crippen molar-refractivity contribution in [3.8, 4) is 0 Å². The van der Waals surface area contributed by atoms with Gasteiger partial charge < -0.3 is 10.0 Å². The van der Waals surface area contributed by atoms with E-state index in [1.54, 1.807) is 29.2 Å². The minimum atomic E-state index is -0.936. The highest BCUT2D eigenvalue weighted by Gasteiger charge is 2.23. The predicted molar refractivity (Wildman–Crippen MR) is 67.1 cm³/mol. The summed E-state index contributed by atoms with van der Waals surface area (Å²) in [6, 6.07) is 5.02. The van der Waals surface area contributed by atoms with Gasteiger partial charge >= 0.3 is 5.97 Å². The molecule has 1 aromatic rings. The maximum absolute atomic E-state index is 11.9. The predicted octanol–water partition coefficient (Wildman–Crippen LogP) is 2.19. The Bertz CT molecular complexity index is 508. The third kappa shape index (κ3) is 2.42. The van der Waals surface area contributed by atoms with Crippen LogP contribution in [0.15, 0.2) is 30.9 Å². The monoisotopic (exact) mass is 245 g/mol. The largest absolute Gasteiger partial charge is 0.478 e. The summed E-state index contributed by atoms with van der Waals surface area (Å²) >= 11 is 0. The van der Waals surface area contributed by atoms with Crippen molar-refractivity contribution in [1.29, 1.82) is 0 Å². The molecular weight excluding hydrogens is 230 g/mol. The van der Waals surface area contributed by atoms with Gasteiger partial charge in [-0.3, -0.25) is 4.79 Å². The molecule has 0 bridgehead atoms. The van der Waals surface area contributed by atoms with Gasteiger partial charge in [0, 0.05) is 19.5 Å². The van der Waals surface area contributed by atoms with E-state index in [-0.39, 0.29) is 11.5 Å². The summed E-state index contributed by atoms with van der Waals surface area (Å²) in [5.41, 5.74) is 2.24. The summed E-state index contributed by atoms with van der Waals surface area (Å²) in [5, 5.41) is 8.92. The second kappa shape index (κ2) is 5.04. The molecule has 1 aliphatic rings. The highest BCUT2D eigenvalue weighted by Crippen LogP contribution is 2.24. The van der Waals surface area contributed by atoms with Gasteiger partial charge in [0.1, 0.15) is 0 Å². The zero-order valence-corrected chi connectivity index (χ0v) is 10.1. The van der Waals surface area contributed by atoms with Gasteiger partial charge in [-0.25, -0.2) is 4.79 Å². The summed E-state index contributed by atoms with van der Waals surface area (Å²) in [5.74, 6) is -0.850. The second-order valence-electron chi connectivity index (χ2n) is 4.37. The first-order valence-corrected chi connectivity index (χ1v) is 5.85. The van der Waals surface area contributed by atoms with Crippen LogP contribution in [0.1, 0.15) is 34.3 Å². The number of carboxylic acids is 1. The SMILES string of the molecule is C=CCCC(=O)N1Cc2ccc(C(=O)O)cc2C1. The minimum absolute atomic E-state index is 0.0861. The van der Waals surface area contributed by atoms with Crippen molar-refractivity contribution in [2.75, 3.05) is 0 Å². The number of hydrogen-bond donors (Lipinski definition) is 1. The van der Waals surface area contributed by atoms with Crippen LogP contribution in [0, 0.1) is 0 Å². The van der Waals surface area contributed by atoms with Gasteiger partial charge in [-0.2, -0.15) is 0 Å². The molecule has 1 N–H and O–H groups in total. The van der Waals surface area contributed by atoms with E-state index in [0.717, 1.165) is 11.1 Å². The molecule has 0 aliphatic carbocycles. The van der Waals surface area contributed by atoms with Crippen molar-refractivity contribution in [2.45, 2.75) is 25.9 Å². The highest BCUT2D eigenvalue weighted by atomic mass is 16.4. The number of rotatable bonds is 4. The van der Waals surface area contributed by atoms with E-state index in [9.17, 15) is 9.59 Å². The number of nitrogens with zero attached hydrogens (tertiary/aromatic N) is 1. The molecule has 0 atom stereocenters. The third-order valence-corrected chi connectivity index (χ3v) is 3.09. The number of benzene rings is 1. The molecule has 0 radical (unpaired) electrons. The lowest BCUT2D eigenvalue weighted by molar-refractivity contribution is -0.131. The van der Waals surface area contributed by atoms with Crippen LogP contribution in [0.3, 0.4) is 0 Å². The van der Waals surface area contributed by atoms with Crippen LogP contribution in [-0.4, -0.2) is 21.9 Å². The zero-order chi connectivity index (χ0) is 13.1. The molecule has 1 aliphatic heterocycles. The fourth-order valence-electron chi connectivity index (χ4n) is 2.09. The second-order valence-corrected chi connectivity index (χ2v) is 4.37.